The van der Waals surface area contributed by atoms with Gasteiger partial charge >= 0.3 is 6.18 Å². The molecular formula is C20H19F3N6O2S2. The molecule has 33 heavy (non-hydrogen) atoms. The number of nitrogens with one attached hydrogen (secondary N) is 2. The maximum Gasteiger partial charge on any atom is 0.434 e. The Kier molecular flexibility index (Phi) is 6.18. The summed E-state index contributed by atoms with van der Waals surface area (Å²) in [5.41, 5.74) is -0.996. The van der Waals surface area contributed by atoms with E-state index in [0.717, 1.165) is 12.8 Å². The number of pyridine rings is 1. The predicted molar refractivity (Wildman–Crippen MR) is 118 cm³/mol. The summed E-state index contributed by atoms with van der Waals surface area (Å²) in [4.78, 5) is 28.3. The third kappa shape index (κ3) is 5.53. The number of hydrogen-bond donors (Lipinski definition) is 2. The number of alkyl halides is 3. The molecule has 1 fully saturated rings. The third-order valence-corrected chi connectivity index (χ3v) is 7.16. The van der Waals surface area contributed by atoms with Gasteiger partial charge in [0.2, 0.25) is 0 Å². The quantitative estimate of drug-likeness (QED) is 0.513. The molecule has 3 heterocycles. The first-order valence-electron chi connectivity index (χ1n) is 9.84. The fourth-order valence-electron chi connectivity index (χ4n) is 2.79. The van der Waals surface area contributed by atoms with Crippen LogP contribution in [0, 0.1) is 0 Å². The van der Waals surface area contributed by atoms with Gasteiger partial charge in [0.1, 0.15) is 16.7 Å². The zero-order valence-corrected chi connectivity index (χ0v) is 19.1. The van der Waals surface area contributed by atoms with Crippen molar-refractivity contribution in [2.75, 3.05) is 4.72 Å². The van der Waals surface area contributed by atoms with Crippen LogP contribution in [0.1, 0.15) is 48.6 Å². The number of hydrogen-bond acceptors (Lipinski definition) is 7. The van der Waals surface area contributed by atoms with Crippen molar-refractivity contribution in [1.29, 1.82) is 0 Å². The van der Waals surface area contributed by atoms with E-state index in [1.54, 1.807) is 19.2 Å². The number of thiazole rings is 1. The van der Waals surface area contributed by atoms with Crippen LogP contribution in [-0.2, 0) is 22.7 Å². The summed E-state index contributed by atoms with van der Waals surface area (Å²) in [6, 6.07) is 2.85. The fourth-order valence-corrected chi connectivity index (χ4v) is 4.90. The van der Waals surface area contributed by atoms with E-state index in [0.29, 0.717) is 22.6 Å². The maximum absolute atomic E-state index is 12.9. The van der Waals surface area contributed by atoms with Crippen LogP contribution in [0.5, 0.6) is 0 Å². The Morgan fingerprint density at radius 1 is 1.12 bits per heavy atom. The van der Waals surface area contributed by atoms with Crippen molar-refractivity contribution in [2.24, 2.45) is 0 Å². The Morgan fingerprint density at radius 2 is 1.88 bits per heavy atom. The average molecular weight is 497 g/mol. The maximum atomic E-state index is 12.9. The highest BCUT2D eigenvalue weighted by Gasteiger charge is 2.33. The second-order valence-electron chi connectivity index (χ2n) is 7.94. The molecule has 174 valence electrons. The molecular weight excluding hydrogens is 477 g/mol. The predicted octanol–water partition coefficient (Wildman–Crippen LogP) is 3.92. The van der Waals surface area contributed by atoms with Crippen LogP contribution in [0.4, 0.5) is 18.3 Å². The first-order chi connectivity index (χ1) is 15.5. The minimum atomic E-state index is -4.61. The van der Waals surface area contributed by atoms with E-state index in [2.05, 4.69) is 30.0 Å². The number of rotatable bonds is 7. The Bertz CT molecular complexity index is 1190. The number of halogens is 3. The van der Waals surface area contributed by atoms with E-state index in [1.165, 1.54) is 35.9 Å². The number of aromatic nitrogens is 4. The lowest BCUT2D eigenvalue weighted by Crippen LogP contribution is -2.41. The summed E-state index contributed by atoms with van der Waals surface area (Å²) in [5, 5.41) is 5.30. The SMILES string of the molecule is CC(C)(NC(=O)c1ccc(-c2cncc(C(F)(F)F)n2)cn1)c1csc(NS(=O)C2CC2)n1. The normalized spacial score (nSPS) is 15.2. The van der Waals surface area contributed by atoms with Gasteiger partial charge in [-0.3, -0.25) is 19.5 Å². The van der Waals surface area contributed by atoms with Crippen molar-refractivity contribution < 1.29 is 22.2 Å². The molecule has 0 saturated heterocycles. The van der Waals surface area contributed by atoms with Gasteiger partial charge in [-0.1, -0.05) is 0 Å². The monoisotopic (exact) mass is 496 g/mol. The van der Waals surface area contributed by atoms with Gasteiger partial charge in [0.05, 0.1) is 34.6 Å². The van der Waals surface area contributed by atoms with Crippen LogP contribution >= 0.6 is 11.3 Å². The highest BCUT2D eigenvalue weighted by molar-refractivity contribution is 7.87. The molecule has 1 atom stereocenters. The minimum absolute atomic E-state index is 0.00398. The molecule has 4 rings (SSSR count). The summed E-state index contributed by atoms with van der Waals surface area (Å²) in [6.07, 6.45) is 0.365. The van der Waals surface area contributed by atoms with Crippen molar-refractivity contribution >= 4 is 33.4 Å². The van der Waals surface area contributed by atoms with Crippen molar-refractivity contribution in [3.63, 3.8) is 0 Å². The molecule has 2 N–H and O–H groups in total. The van der Waals surface area contributed by atoms with Crippen molar-refractivity contribution in [3.05, 3.63) is 53.2 Å². The summed E-state index contributed by atoms with van der Waals surface area (Å²) in [7, 11) is -1.16. The van der Waals surface area contributed by atoms with Gasteiger partial charge in [-0.05, 0) is 38.8 Å². The molecule has 1 unspecified atom stereocenters. The molecule has 3 aromatic heterocycles. The first-order valence-corrected chi connectivity index (χ1v) is 11.9. The molecule has 13 heteroatoms. The van der Waals surface area contributed by atoms with E-state index < -0.39 is 34.3 Å². The lowest BCUT2D eigenvalue weighted by Gasteiger charge is -2.24. The molecule has 0 aromatic carbocycles. The number of carbonyl (C=O) groups excluding carboxylic acids is 1. The zero-order chi connectivity index (χ0) is 23.8. The molecule has 1 saturated carbocycles. The van der Waals surface area contributed by atoms with Crippen LogP contribution in [0.25, 0.3) is 11.3 Å². The molecule has 0 radical (unpaired) electrons. The van der Waals surface area contributed by atoms with Crippen LogP contribution in [0.15, 0.2) is 36.1 Å². The van der Waals surface area contributed by atoms with Gasteiger partial charge < -0.3 is 5.32 Å². The van der Waals surface area contributed by atoms with Crippen molar-refractivity contribution in [2.45, 2.75) is 43.7 Å². The lowest BCUT2D eigenvalue weighted by molar-refractivity contribution is -0.141. The molecule has 0 bridgehead atoms. The number of anilines is 1. The fraction of sp³-hybridized carbons (Fsp3) is 0.350. The highest BCUT2D eigenvalue weighted by atomic mass is 32.2. The van der Waals surface area contributed by atoms with Gasteiger partial charge in [-0.25, -0.2) is 14.2 Å². The van der Waals surface area contributed by atoms with E-state index in [4.69, 9.17) is 0 Å². The second kappa shape index (κ2) is 8.78. The molecule has 8 nitrogen and oxygen atoms in total. The molecule has 1 aliphatic carbocycles. The standard InChI is InChI=1S/C20H19F3N6O2S2/c1-19(2,16-10-32-18(27-16)29-33(31)12-4-5-12)28-17(30)13-6-3-11(7-25-13)14-8-24-9-15(26-14)20(21,22)23/h3,6-10,12H,4-5H2,1-2H3,(H,27,29)(H,28,30). The molecule has 1 aliphatic rings. The number of carbonyl (C=O) groups is 1. The van der Waals surface area contributed by atoms with Crippen molar-refractivity contribution in [3.8, 4) is 11.3 Å². The van der Waals surface area contributed by atoms with Crippen molar-refractivity contribution in [1.82, 2.24) is 25.3 Å². The second-order valence-corrected chi connectivity index (χ2v) is 10.3. The Hall–Kier alpha value is -2.93. The number of nitrogens with zero attached hydrogens (tertiary/aromatic N) is 4. The lowest BCUT2D eigenvalue weighted by atomic mass is 10.0. The summed E-state index contributed by atoms with van der Waals surface area (Å²) in [6.45, 7) is 3.54. The Labute approximate surface area is 193 Å². The summed E-state index contributed by atoms with van der Waals surface area (Å²) < 4.78 is 53.5. The minimum Gasteiger partial charge on any atom is -0.340 e. The third-order valence-electron chi connectivity index (χ3n) is 4.80. The molecule has 3 aromatic rings. The molecule has 0 spiro atoms. The van der Waals surface area contributed by atoms with Crippen LogP contribution in [0.2, 0.25) is 0 Å². The van der Waals surface area contributed by atoms with Gasteiger partial charge in [0.25, 0.3) is 5.91 Å². The average Bonchev–Trinajstić information content (AvgIpc) is 3.52. The van der Waals surface area contributed by atoms with Crippen LogP contribution in [-0.4, -0.2) is 35.3 Å². The van der Waals surface area contributed by atoms with Crippen LogP contribution < -0.4 is 10.0 Å². The van der Waals surface area contributed by atoms with E-state index in [9.17, 15) is 22.2 Å². The van der Waals surface area contributed by atoms with E-state index >= 15 is 0 Å². The van der Waals surface area contributed by atoms with Gasteiger partial charge in [-0.15, -0.1) is 11.3 Å². The smallest absolute Gasteiger partial charge is 0.340 e. The zero-order valence-electron chi connectivity index (χ0n) is 17.5. The molecule has 0 aliphatic heterocycles. The van der Waals surface area contributed by atoms with Gasteiger partial charge in [0.15, 0.2) is 10.8 Å². The van der Waals surface area contributed by atoms with Gasteiger partial charge in [-0.2, -0.15) is 13.2 Å². The first kappa shape index (κ1) is 23.2. The number of amides is 1. The van der Waals surface area contributed by atoms with Gasteiger partial charge in [0, 0.05) is 17.1 Å². The molecule has 1 amide bonds. The summed E-state index contributed by atoms with van der Waals surface area (Å²) in [5.74, 6) is -0.481. The van der Waals surface area contributed by atoms with E-state index in [1.807, 2.05) is 0 Å². The Balaban J connectivity index is 1.44. The largest absolute Gasteiger partial charge is 0.434 e. The summed E-state index contributed by atoms with van der Waals surface area (Å²) >= 11 is 1.30. The topological polar surface area (TPSA) is 110 Å². The Morgan fingerprint density at radius 3 is 2.52 bits per heavy atom. The van der Waals surface area contributed by atoms with Crippen LogP contribution in [0.3, 0.4) is 0 Å². The van der Waals surface area contributed by atoms with E-state index in [-0.39, 0.29) is 16.6 Å². The highest BCUT2D eigenvalue weighted by Crippen LogP contribution is 2.30.